The summed E-state index contributed by atoms with van der Waals surface area (Å²) in [5.41, 5.74) is -0.111. The molecule has 0 aromatic heterocycles. The molecule has 1 saturated heterocycles. The number of carbonyl (C=O) groups is 3. The van der Waals surface area contributed by atoms with E-state index in [1.165, 1.54) is 27.2 Å². The number of Topliss-reactive ketones (excluding diaryl/α,β-unsaturated/α-hetero) is 1. The maximum absolute atomic E-state index is 14.7. The van der Waals surface area contributed by atoms with Crippen LogP contribution in [0.3, 0.4) is 0 Å². The molecule has 332 valence electrons. The van der Waals surface area contributed by atoms with Crippen molar-refractivity contribution in [3.8, 4) is 17.2 Å². The Kier molecular flexibility index (Phi) is 13.1. The van der Waals surface area contributed by atoms with Crippen LogP contribution in [0.15, 0.2) is 46.1 Å². The summed E-state index contributed by atoms with van der Waals surface area (Å²) in [6.45, 7) is 19.6. The molecule has 0 aliphatic carbocycles. The van der Waals surface area contributed by atoms with Gasteiger partial charge in [-0.3, -0.25) is 19.4 Å². The number of nitrogens with zero attached hydrogens (tertiary/aromatic N) is 3. The molecule has 61 heavy (non-hydrogen) atoms. The number of hydrogen-bond donors (Lipinski definition) is 5. The number of methoxy groups -OCH3 is 1. The van der Waals surface area contributed by atoms with Gasteiger partial charge in [0.1, 0.15) is 34.0 Å². The zero-order valence-electron chi connectivity index (χ0n) is 37.1. The van der Waals surface area contributed by atoms with Crippen LogP contribution in [0, 0.1) is 36.5 Å². The third-order valence-corrected chi connectivity index (χ3v) is 12.9. The van der Waals surface area contributed by atoms with E-state index in [4.69, 9.17) is 23.9 Å². The fourth-order valence-electron chi connectivity index (χ4n) is 9.24. The highest BCUT2D eigenvalue weighted by Crippen LogP contribution is 2.51. The number of phenols is 2. The van der Waals surface area contributed by atoms with Crippen molar-refractivity contribution in [2.75, 3.05) is 32.1 Å². The Balaban J connectivity index is 1.55. The lowest BCUT2D eigenvalue weighted by Gasteiger charge is -2.38. The van der Waals surface area contributed by atoms with E-state index in [0.717, 1.165) is 19.6 Å². The summed E-state index contributed by atoms with van der Waals surface area (Å²) < 4.78 is 24.0. The first-order valence-electron chi connectivity index (χ1n) is 21.2. The minimum atomic E-state index is -1.95. The van der Waals surface area contributed by atoms with Crippen molar-refractivity contribution in [2.45, 2.75) is 118 Å². The SMILES string of the molecule is CO[C@H]1/C=C\O[C@@]2(C)Oc3c(C)c(O)c4c(O)c(c5c(c4c3C2=O)NC2(CCN(CC(C)C)CC2)N=5)=NC(=O)C(C)=CC=C[C@H](C)[C@H](O)[C@@H](C)[C@@H](O)[C@@H](C)[C@H](OC(C)=O)[C@H]1C. The van der Waals surface area contributed by atoms with Gasteiger partial charge in [-0.15, -0.1) is 0 Å². The van der Waals surface area contributed by atoms with E-state index in [0.29, 0.717) is 24.4 Å². The van der Waals surface area contributed by atoms with E-state index >= 15 is 0 Å². The summed E-state index contributed by atoms with van der Waals surface area (Å²) in [6.07, 6.45) is 5.07. The first-order valence-corrected chi connectivity index (χ1v) is 21.2. The van der Waals surface area contributed by atoms with Gasteiger partial charge < -0.3 is 49.6 Å². The Morgan fingerprint density at radius 2 is 1.66 bits per heavy atom. The van der Waals surface area contributed by atoms with Gasteiger partial charge in [0.25, 0.3) is 11.7 Å². The van der Waals surface area contributed by atoms with Gasteiger partial charge >= 0.3 is 11.8 Å². The van der Waals surface area contributed by atoms with Crippen LogP contribution in [0.4, 0.5) is 5.69 Å². The number of esters is 1. The molecule has 0 saturated carbocycles. The van der Waals surface area contributed by atoms with Crippen LogP contribution < -0.4 is 20.8 Å². The molecule has 4 aliphatic rings. The Hall–Kier alpha value is -4.83. The number of aliphatic hydroxyl groups is 2. The number of phenolic OH excluding ortho intramolecular Hbond substituents is 2. The van der Waals surface area contributed by atoms with Gasteiger partial charge in [0.15, 0.2) is 5.75 Å². The summed E-state index contributed by atoms with van der Waals surface area (Å²) in [7, 11) is 1.47. The first-order chi connectivity index (χ1) is 28.6. The number of nitrogens with one attached hydrogen (secondary N) is 1. The van der Waals surface area contributed by atoms with Crippen molar-refractivity contribution < 1.29 is 53.8 Å². The molecule has 2 aromatic carbocycles. The van der Waals surface area contributed by atoms with Gasteiger partial charge in [0.05, 0.1) is 41.2 Å². The van der Waals surface area contributed by atoms with E-state index in [1.54, 1.807) is 65.8 Å². The van der Waals surface area contributed by atoms with Crippen LogP contribution in [0.5, 0.6) is 17.2 Å². The number of aromatic hydroxyl groups is 2. The van der Waals surface area contributed by atoms with Gasteiger partial charge in [-0.2, -0.15) is 0 Å². The normalized spacial score (nSPS) is 31.3. The third-order valence-electron chi connectivity index (χ3n) is 12.9. The Bertz CT molecular complexity index is 2300. The fraction of sp³-hybridized carbons (Fsp3) is 0.587. The summed E-state index contributed by atoms with van der Waals surface area (Å²) in [5.74, 6) is -6.57. The van der Waals surface area contributed by atoms with E-state index in [-0.39, 0.29) is 49.7 Å². The van der Waals surface area contributed by atoms with Crippen LogP contribution in [-0.4, -0.2) is 106 Å². The highest BCUT2D eigenvalue weighted by atomic mass is 16.7. The van der Waals surface area contributed by atoms with Crippen molar-refractivity contribution in [3.05, 3.63) is 58.0 Å². The van der Waals surface area contributed by atoms with Crippen LogP contribution in [0.25, 0.3) is 10.8 Å². The predicted octanol–water partition coefficient (Wildman–Crippen LogP) is 4.75. The molecule has 1 fully saturated rings. The van der Waals surface area contributed by atoms with E-state index in [9.17, 15) is 34.8 Å². The zero-order chi connectivity index (χ0) is 44.9. The maximum atomic E-state index is 14.7. The number of benzene rings is 2. The molecule has 1 amide bonds. The smallest absolute Gasteiger partial charge is 0.312 e. The standard InChI is InChI=1S/C46H62N4O11/c1-22(2)21-50-18-16-46(17-19-50)48-34-31-32-39(54)28(8)42-33(31)43(56)45(10,61-42)59-20-15-30(58-11)25(5)41(60-29(9)51)27(7)38(53)26(6)37(52)23(3)13-12-14-24(4)44(57)47-36(40(32)55)35(34)49-46/h12-15,20,22-23,25-27,30,37-38,41,48,52-55H,16-19,21H2,1-11H3/b13-12?,20-15-,24-14?,47-36?/t23-,25-,26+,27+,30-,37-,38+,41+,45-/m0/s1. The summed E-state index contributed by atoms with van der Waals surface area (Å²) in [4.78, 5) is 52.9. The summed E-state index contributed by atoms with van der Waals surface area (Å²) in [5, 5.41) is 50.5. The van der Waals surface area contributed by atoms with E-state index in [2.05, 4.69) is 29.1 Å². The second-order valence-corrected chi connectivity index (χ2v) is 18.0. The minimum absolute atomic E-state index is 0.0538. The van der Waals surface area contributed by atoms with E-state index in [1.807, 2.05) is 0 Å². The lowest BCUT2D eigenvalue weighted by molar-refractivity contribution is -0.160. The van der Waals surface area contributed by atoms with Crippen molar-refractivity contribution in [2.24, 2.45) is 39.6 Å². The molecule has 0 radical (unpaired) electrons. The molecular formula is C46H62N4O11. The van der Waals surface area contributed by atoms with Crippen LogP contribution in [0.2, 0.25) is 0 Å². The fourth-order valence-corrected chi connectivity index (χ4v) is 9.24. The number of anilines is 1. The molecule has 15 nitrogen and oxygen atoms in total. The van der Waals surface area contributed by atoms with E-state index < -0.39 is 82.9 Å². The summed E-state index contributed by atoms with van der Waals surface area (Å²) >= 11 is 0. The number of aliphatic hydroxyl groups excluding tert-OH is 2. The highest BCUT2D eigenvalue weighted by Gasteiger charge is 2.51. The predicted molar refractivity (Wildman–Crippen MR) is 228 cm³/mol. The average molecular weight is 847 g/mol. The molecule has 15 heteroatoms. The van der Waals surface area contributed by atoms with Crippen molar-refractivity contribution in [1.82, 2.24) is 4.90 Å². The van der Waals surface area contributed by atoms with Gasteiger partial charge in [-0.1, -0.05) is 59.8 Å². The number of hydrogen-bond acceptors (Lipinski definition) is 14. The largest absolute Gasteiger partial charge is 0.507 e. The second-order valence-electron chi connectivity index (χ2n) is 18.0. The van der Waals surface area contributed by atoms with Gasteiger partial charge in [-0.25, -0.2) is 4.99 Å². The molecule has 6 rings (SSSR count). The molecule has 0 unspecified atom stereocenters. The molecule has 9 atom stereocenters. The Labute approximate surface area is 356 Å². The first kappa shape index (κ1) is 45.7. The number of amides is 1. The number of carbonyl (C=O) groups excluding carboxylic acids is 3. The number of allylic oxidation sites excluding steroid dienone is 2. The number of piperidine rings is 1. The molecule has 4 aliphatic heterocycles. The van der Waals surface area contributed by atoms with Crippen LogP contribution in [-0.2, 0) is 23.8 Å². The monoisotopic (exact) mass is 846 g/mol. The molecule has 4 heterocycles. The van der Waals surface area contributed by atoms with Gasteiger partial charge in [0, 0.05) is 93.6 Å². The minimum Gasteiger partial charge on any atom is -0.507 e. The van der Waals surface area contributed by atoms with Crippen molar-refractivity contribution in [1.29, 1.82) is 0 Å². The quantitative estimate of drug-likeness (QED) is 0.208. The van der Waals surface area contributed by atoms with Crippen LogP contribution >= 0.6 is 0 Å². The number of fused-ring (bicyclic) bond motifs is 1. The molecule has 5 N–H and O–H groups in total. The Morgan fingerprint density at radius 3 is 2.28 bits per heavy atom. The molecule has 4 bridgehead atoms. The van der Waals surface area contributed by atoms with Gasteiger partial charge in [0.2, 0.25) is 0 Å². The molecule has 2 aromatic rings. The second kappa shape index (κ2) is 17.5. The Morgan fingerprint density at radius 1 is 0.984 bits per heavy atom. The number of ketones is 1. The van der Waals surface area contributed by atoms with Crippen molar-refractivity contribution >= 4 is 34.1 Å². The lowest BCUT2D eigenvalue weighted by Crippen LogP contribution is -2.47. The zero-order valence-corrected chi connectivity index (χ0v) is 37.1. The lowest BCUT2D eigenvalue weighted by atomic mass is 9.78. The third kappa shape index (κ3) is 8.54. The van der Waals surface area contributed by atoms with Crippen molar-refractivity contribution in [3.63, 3.8) is 0 Å². The molecule has 1 spiro atoms. The highest BCUT2D eigenvalue weighted by molar-refractivity contribution is 6.21. The average Bonchev–Trinajstić information content (AvgIpc) is 3.71. The maximum Gasteiger partial charge on any atom is 0.312 e. The molecular weight excluding hydrogens is 785 g/mol. The summed E-state index contributed by atoms with van der Waals surface area (Å²) in [6, 6.07) is 0. The van der Waals surface area contributed by atoms with Gasteiger partial charge in [-0.05, 0) is 25.8 Å². The number of rotatable bonds is 4. The number of likely N-dealkylation sites (tertiary alicyclic amines) is 1. The topological polar surface area (TPSA) is 209 Å². The van der Waals surface area contributed by atoms with Crippen LogP contribution in [0.1, 0.15) is 91.1 Å². The number of ether oxygens (including phenoxy) is 4.